The van der Waals surface area contributed by atoms with Gasteiger partial charge in [-0.1, -0.05) is 107 Å². The maximum Gasteiger partial charge on any atom is 0.573 e. The van der Waals surface area contributed by atoms with Crippen molar-refractivity contribution in [3.05, 3.63) is 222 Å². The second-order valence-corrected chi connectivity index (χ2v) is 20.2. The van der Waals surface area contributed by atoms with Crippen LogP contribution >= 0.6 is 0 Å². The van der Waals surface area contributed by atoms with Crippen molar-refractivity contribution < 1.29 is 92.2 Å². The van der Waals surface area contributed by atoms with Gasteiger partial charge in [0.2, 0.25) is 17.1 Å². The summed E-state index contributed by atoms with van der Waals surface area (Å²) < 4.78 is 145. The number of aromatic amines is 1. The van der Waals surface area contributed by atoms with E-state index in [1.165, 1.54) is 91.7 Å². The summed E-state index contributed by atoms with van der Waals surface area (Å²) in [4.78, 5) is 35.5. The van der Waals surface area contributed by atoms with E-state index in [0.717, 1.165) is 27.8 Å². The summed E-state index contributed by atoms with van der Waals surface area (Å²) >= 11 is 0. The molecule has 0 radical (unpaired) electrons. The largest absolute Gasteiger partial charge is 0.573 e. The molecule has 0 unspecified atom stereocenters. The van der Waals surface area contributed by atoms with Crippen molar-refractivity contribution in [3.8, 4) is 62.1 Å². The molecule has 0 bridgehead atoms. The minimum absolute atomic E-state index is 0.0156. The number of carbonyl (C=O) groups excluding carboxylic acids is 2. The van der Waals surface area contributed by atoms with Gasteiger partial charge in [-0.15, -0.1) is 59.9 Å². The van der Waals surface area contributed by atoms with Crippen molar-refractivity contribution in [2.24, 2.45) is 0 Å². The standard InChI is InChI=1S/C25H21F3N4O4.C24H19F3N4O4.C17H13F3N4O3/c1-34-20-11-3-16(4-12-20)15-32-23(22(30-31-32)24(33)35-2)29-19-9-5-17(6-10-19)18-7-13-21(14-8-18)36-25(26,27)28;1-34-19-10-2-15(3-11-19)14-31-22(21(23(32)33)29-30-31)28-18-8-4-16(5-9-18)17-6-12-20(13-7-17)35-24(25,26)27;1-26-16(25)14-15(23-24-22-14)21-12-6-2-10(3-7-12)11-4-8-13(9-5-11)27-17(18,19)20/h3-14,29H,15H2,1-2H3;2-13,28H,14H2,1H3,(H,32,33);2-9H,1H3,(H2,21,22,23,24). The summed E-state index contributed by atoms with van der Waals surface area (Å²) in [7, 11) is 5.64. The molecule has 5 N–H and O–H groups in total. The molecule has 0 spiro atoms. The van der Waals surface area contributed by atoms with Crippen molar-refractivity contribution in [2.75, 3.05) is 44.4 Å². The molecular formula is C66H53F9N12O11. The van der Waals surface area contributed by atoms with E-state index in [0.29, 0.717) is 57.6 Å². The van der Waals surface area contributed by atoms with Crippen LogP contribution in [0.2, 0.25) is 0 Å². The van der Waals surface area contributed by atoms with Crippen LogP contribution in [0.3, 0.4) is 0 Å². The molecular weight excluding hydrogens is 1310 g/mol. The van der Waals surface area contributed by atoms with E-state index >= 15 is 0 Å². The van der Waals surface area contributed by atoms with Crippen LogP contribution in [-0.4, -0.2) is 116 Å². The average molecular weight is 1360 g/mol. The molecule has 11 aromatic rings. The third-order valence-electron chi connectivity index (χ3n) is 13.7. The van der Waals surface area contributed by atoms with Gasteiger partial charge in [0.05, 0.1) is 41.5 Å². The number of ether oxygens (including phenoxy) is 7. The summed E-state index contributed by atoms with van der Waals surface area (Å²) in [6.45, 7) is 0.609. The molecule has 0 saturated carbocycles. The van der Waals surface area contributed by atoms with Gasteiger partial charge >= 0.3 is 37.0 Å². The lowest BCUT2D eigenvalue weighted by molar-refractivity contribution is -0.275. The molecule has 506 valence electrons. The fourth-order valence-electron chi connectivity index (χ4n) is 9.03. The number of hydrogen-bond acceptors (Lipinski definition) is 19. The number of nitrogens with one attached hydrogen (secondary N) is 4. The Hall–Kier alpha value is -12.6. The van der Waals surface area contributed by atoms with Crippen LogP contribution in [-0.2, 0) is 22.6 Å². The van der Waals surface area contributed by atoms with Gasteiger partial charge in [0.25, 0.3) is 0 Å². The molecule has 0 amide bonds. The fraction of sp³-hybridized carbons (Fsp3) is 0.136. The third-order valence-corrected chi connectivity index (χ3v) is 13.7. The maximum atomic E-state index is 12.4. The highest BCUT2D eigenvalue weighted by atomic mass is 19.4. The molecule has 0 aliphatic rings. The maximum absolute atomic E-state index is 12.4. The molecule has 23 nitrogen and oxygen atoms in total. The molecule has 0 aliphatic carbocycles. The Balaban J connectivity index is 0.000000174. The molecule has 8 aromatic carbocycles. The lowest BCUT2D eigenvalue weighted by Gasteiger charge is -2.12. The Kier molecular flexibility index (Phi) is 22.1. The molecule has 0 fully saturated rings. The Labute approximate surface area is 549 Å². The second kappa shape index (κ2) is 31.1. The number of aromatic nitrogens is 9. The quantitative estimate of drug-likeness (QED) is 0.0330. The van der Waals surface area contributed by atoms with Gasteiger partial charge in [-0.25, -0.2) is 23.7 Å². The van der Waals surface area contributed by atoms with E-state index in [-0.39, 0.29) is 52.5 Å². The first-order valence-electron chi connectivity index (χ1n) is 28.5. The van der Waals surface area contributed by atoms with Gasteiger partial charge < -0.3 is 54.2 Å². The number of hydrogen-bond donors (Lipinski definition) is 5. The number of benzene rings is 8. The van der Waals surface area contributed by atoms with Crippen LogP contribution in [0.1, 0.15) is 42.6 Å². The number of H-pyrrole nitrogens is 1. The first kappa shape index (κ1) is 69.7. The first-order chi connectivity index (χ1) is 46.8. The highest BCUT2D eigenvalue weighted by molar-refractivity contribution is 5.94. The summed E-state index contributed by atoms with van der Waals surface area (Å²) in [6.07, 6.45) is -14.2. The lowest BCUT2D eigenvalue weighted by atomic mass is 10.1. The Morgan fingerprint density at radius 3 is 1.01 bits per heavy atom. The number of carboxylic acid groups (broad SMARTS) is 1. The number of halogens is 9. The van der Waals surface area contributed by atoms with Crippen molar-refractivity contribution in [3.63, 3.8) is 0 Å². The van der Waals surface area contributed by atoms with Crippen LogP contribution < -0.4 is 39.6 Å². The van der Waals surface area contributed by atoms with E-state index in [4.69, 9.17) is 14.2 Å². The Morgan fingerprint density at radius 2 is 0.694 bits per heavy atom. The number of esters is 2. The van der Waals surface area contributed by atoms with Crippen molar-refractivity contribution >= 4 is 52.4 Å². The zero-order valence-corrected chi connectivity index (χ0v) is 51.4. The zero-order valence-electron chi connectivity index (χ0n) is 51.4. The number of methoxy groups -OCH3 is 4. The molecule has 0 aliphatic heterocycles. The smallest absolute Gasteiger partial charge is 0.497 e. The van der Waals surface area contributed by atoms with Gasteiger partial charge in [-0.3, -0.25) is 0 Å². The van der Waals surface area contributed by atoms with Crippen molar-refractivity contribution in [1.82, 2.24) is 45.4 Å². The van der Waals surface area contributed by atoms with E-state index in [1.54, 1.807) is 104 Å². The molecule has 11 rings (SSSR count). The third kappa shape index (κ3) is 19.5. The number of anilines is 6. The summed E-state index contributed by atoms with van der Waals surface area (Å²) in [5, 5.41) is 44.4. The van der Waals surface area contributed by atoms with Crippen LogP contribution in [0, 0.1) is 0 Å². The molecule has 3 heterocycles. The normalized spacial score (nSPS) is 11.2. The number of alkyl halides is 9. The second-order valence-electron chi connectivity index (χ2n) is 20.2. The monoisotopic (exact) mass is 1360 g/mol. The minimum atomic E-state index is -4.75. The predicted molar refractivity (Wildman–Crippen MR) is 336 cm³/mol. The number of aromatic carboxylic acids is 1. The van der Waals surface area contributed by atoms with Gasteiger partial charge in [-0.2, -0.15) is 5.21 Å². The van der Waals surface area contributed by atoms with Crippen LogP contribution in [0.15, 0.2) is 194 Å². The lowest BCUT2D eigenvalue weighted by Crippen LogP contribution is -2.16. The topological polar surface area (TPSA) is 275 Å². The zero-order chi connectivity index (χ0) is 70.2. The van der Waals surface area contributed by atoms with Crippen LogP contribution in [0.25, 0.3) is 33.4 Å². The minimum Gasteiger partial charge on any atom is -0.497 e. The van der Waals surface area contributed by atoms with Gasteiger partial charge in [0.15, 0.2) is 17.5 Å². The van der Waals surface area contributed by atoms with Crippen LogP contribution in [0.4, 0.5) is 74.0 Å². The van der Waals surface area contributed by atoms with Crippen molar-refractivity contribution in [1.29, 1.82) is 0 Å². The van der Waals surface area contributed by atoms with E-state index in [9.17, 15) is 59.0 Å². The summed E-state index contributed by atoms with van der Waals surface area (Å²) in [5.41, 5.74) is 7.84. The molecule has 0 saturated heterocycles. The number of nitrogens with zero attached hydrogens (tertiary/aromatic N) is 8. The van der Waals surface area contributed by atoms with Gasteiger partial charge in [0, 0.05) is 17.1 Å². The summed E-state index contributed by atoms with van der Waals surface area (Å²) in [5.74, 6) is -1.22. The van der Waals surface area contributed by atoms with E-state index in [2.05, 4.69) is 70.9 Å². The van der Waals surface area contributed by atoms with Crippen LogP contribution in [0.5, 0.6) is 28.7 Å². The fourth-order valence-corrected chi connectivity index (χ4v) is 9.03. The number of carbonyl (C=O) groups is 3. The molecule has 98 heavy (non-hydrogen) atoms. The number of rotatable bonds is 21. The van der Waals surface area contributed by atoms with Gasteiger partial charge in [0.1, 0.15) is 28.7 Å². The average Bonchev–Trinajstić information content (AvgIpc) is 1.55. The van der Waals surface area contributed by atoms with Crippen molar-refractivity contribution in [2.45, 2.75) is 32.2 Å². The molecule has 0 atom stereocenters. The Bertz CT molecular complexity index is 4440. The highest BCUT2D eigenvalue weighted by Crippen LogP contribution is 2.33. The molecule has 3 aromatic heterocycles. The van der Waals surface area contributed by atoms with E-state index < -0.39 is 37.0 Å². The highest BCUT2D eigenvalue weighted by Gasteiger charge is 2.33. The SMILES string of the molecule is COC(=O)c1n[nH]nc1Nc1ccc(-c2ccc(OC(F)(F)F)cc2)cc1.COC(=O)c1nnn(Cc2ccc(OC)cc2)c1Nc1ccc(-c2ccc(OC(F)(F)F)cc2)cc1.COc1ccc(Cn2nnc(C(=O)O)c2Nc2ccc(-c3ccc(OC(F)(F)F)cc3)cc2)cc1. The molecule has 32 heteroatoms. The van der Waals surface area contributed by atoms with E-state index in [1.807, 2.05) is 36.4 Å². The Morgan fingerprint density at radius 1 is 0.398 bits per heavy atom. The predicted octanol–water partition coefficient (Wildman–Crippen LogP) is 14.7. The first-order valence-corrected chi connectivity index (χ1v) is 28.5. The number of carboxylic acids is 1. The summed E-state index contributed by atoms with van der Waals surface area (Å²) in [6, 6.07) is 52.3. The van der Waals surface area contributed by atoms with Gasteiger partial charge in [-0.05, 0) is 142 Å².